The summed E-state index contributed by atoms with van der Waals surface area (Å²) in [6, 6.07) is 22.9. The van der Waals surface area contributed by atoms with Crippen LogP contribution >= 0.6 is 11.6 Å². The molecule has 6 aromatic rings. The van der Waals surface area contributed by atoms with Crippen LogP contribution in [0.1, 0.15) is 95.8 Å². The third-order valence-corrected chi connectivity index (χ3v) is 20.0. The zero-order chi connectivity index (χ0) is 70.2. The Hall–Kier alpha value is -7.02. The summed E-state index contributed by atoms with van der Waals surface area (Å²) in [7, 11) is -18.3. The maximum Gasteiger partial charge on any atom is 0.294 e. The fourth-order valence-corrected chi connectivity index (χ4v) is 14.1. The number of amides is 1. The SMILES string of the molecule is CC(C)Oc1cc(Cl)ccc1CNc1cc(-c2ccccc2OCCOCCOCCOCCNC(=O)CCCCC[N+]2=C(/C=C/C=C3\N(CCOO)c4ccc(S(=O)(=O)O)cc4C3(C)CCCS(=O)(=O)O)C(C)(CCCS(=O)(=O)O)c3cc(S(=O)(=O)O)ccc32)nc2ncnn12. The van der Waals surface area contributed by atoms with E-state index in [1.54, 1.807) is 47.6 Å². The summed E-state index contributed by atoms with van der Waals surface area (Å²) in [5, 5.41) is 20.7. The molecule has 8 rings (SSSR count). The van der Waals surface area contributed by atoms with Crippen molar-refractivity contribution in [2.45, 2.75) is 112 Å². The Morgan fingerprint density at radius 3 is 2.04 bits per heavy atom. The van der Waals surface area contributed by atoms with Crippen molar-refractivity contribution < 1.29 is 95.1 Å². The topological polar surface area (TPSA) is 384 Å². The number of para-hydroxylation sites is 1. The van der Waals surface area contributed by atoms with E-state index in [0.717, 1.165) is 11.1 Å². The number of unbranched alkanes of at least 4 members (excludes halogenated alkanes) is 2. The number of nitrogens with zero attached hydrogens (tertiary/aromatic N) is 6. The van der Waals surface area contributed by atoms with Gasteiger partial charge in [-0.05, 0) is 132 Å². The molecule has 2 aliphatic rings. The van der Waals surface area contributed by atoms with Gasteiger partial charge in [0.2, 0.25) is 11.6 Å². The molecule has 4 aromatic carbocycles. The van der Waals surface area contributed by atoms with E-state index < -0.39 is 72.6 Å². The van der Waals surface area contributed by atoms with Crippen LogP contribution in [-0.4, -0.2) is 183 Å². The lowest BCUT2D eigenvalue weighted by atomic mass is 9.75. The molecule has 0 aliphatic carbocycles. The number of halogens is 1. The number of anilines is 2. The second-order valence-electron chi connectivity index (χ2n) is 23.8. The third kappa shape index (κ3) is 20.8. The van der Waals surface area contributed by atoms with E-state index in [4.69, 9.17) is 40.3 Å². The highest BCUT2D eigenvalue weighted by atomic mass is 35.5. The number of ether oxygens (including phenoxy) is 5. The lowest BCUT2D eigenvalue weighted by Crippen LogP contribution is -2.32. The molecule has 0 fully saturated rings. The molecular formula is C64H82ClN8O20S4+. The first kappa shape index (κ1) is 75.7. The summed E-state index contributed by atoms with van der Waals surface area (Å²) in [5.41, 5.74) is 2.68. The number of carbonyl (C=O) groups is 1. The highest BCUT2D eigenvalue weighted by molar-refractivity contribution is 7.86. The van der Waals surface area contributed by atoms with E-state index in [1.807, 2.05) is 60.9 Å². The largest absolute Gasteiger partial charge is 0.491 e. The molecule has 7 N–H and O–H groups in total. The first-order valence-corrected chi connectivity index (χ1v) is 37.8. The van der Waals surface area contributed by atoms with Gasteiger partial charge >= 0.3 is 0 Å². The minimum absolute atomic E-state index is 0.00387. The van der Waals surface area contributed by atoms with Gasteiger partial charge in [0, 0.05) is 89.2 Å². The number of aromatic nitrogens is 4. The van der Waals surface area contributed by atoms with Gasteiger partial charge in [0.15, 0.2) is 5.71 Å². The van der Waals surface area contributed by atoms with Crippen molar-refractivity contribution in [3.8, 4) is 22.8 Å². The molecule has 2 aromatic heterocycles. The van der Waals surface area contributed by atoms with Crippen LogP contribution in [0, 0.1) is 0 Å². The average molecular weight is 1450 g/mol. The highest BCUT2D eigenvalue weighted by Gasteiger charge is 2.49. The molecular weight excluding hydrogens is 1360 g/mol. The Balaban J connectivity index is 0.817. The monoisotopic (exact) mass is 1450 g/mol. The quantitative estimate of drug-likeness (QED) is 0.00622. The summed E-state index contributed by atoms with van der Waals surface area (Å²) in [5.74, 6) is 0.881. The number of hydrogen-bond donors (Lipinski definition) is 7. The molecule has 4 heterocycles. The van der Waals surface area contributed by atoms with Crippen LogP contribution < -0.4 is 25.0 Å². The molecule has 2 aliphatic heterocycles. The molecule has 28 nitrogen and oxygen atoms in total. The van der Waals surface area contributed by atoms with E-state index in [2.05, 4.69) is 25.6 Å². The Morgan fingerprint density at radius 2 is 1.37 bits per heavy atom. The zero-order valence-electron chi connectivity index (χ0n) is 54.1. The van der Waals surface area contributed by atoms with E-state index in [1.165, 1.54) is 42.7 Å². The molecule has 0 saturated heterocycles. The van der Waals surface area contributed by atoms with Crippen molar-refractivity contribution in [3.63, 3.8) is 0 Å². The summed E-state index contributed by atoms with van der Waals surface area (Å²) < 4.78 is 170. The van der Waals surface area contributed by atoms with Gasteiger partial charge in [0.05, 0.1) is 84.8 Å². The van der Waals surface area contributed by atoms with Gasteiger partial charge < -0.3 is 39.2 Å². The third-order valence-electron chi connectivity index (χ3n) is 16.4. The first-order chi connectivity index (χ1) is 46.0. The van der Waals surface area contributed by atoms with Crippen molar-refractivity contribution in [1.82, 2.24) is 24.9 Å². The lowest BCUT2D eigenvalue weighted by Gasteiger charge is -2.30. The molecule has 2 atom stereocenters. The molecule has 0 radical (unpaired) electrons. The van der Waals surface area contributed by atoms with Gasteiger partial charge in [-0.15, -0.1) is 0 Å². The molecule has 1 amide bonds. The molecule has 0 spiro atoms. The molecule has 97 heavy (non-hydrogen) atoms. The van der Waals surface area contributed by atoms with Crippen LogP contribution in [0.15, 0.2) is 125 Å². The normalized spacial score (nSPS) is 17.1. The number of benzene rings is 4. The average Bonchev–Trinajstić information content (AvgIpc) is 1.59. The molecule has 2 unspecified atom stereocenters. The van der Waals surface area contributed by atoms with Crippen molar-refractivity contribution in [1.29, 1.82) is 0 Å². The van der Waals surface area contributed by atoms with E-state index >= 15 is 0 Å². The highest BCUT2D eigenvalue weighted by Crippen LogP contribution is 2.52. The smallest absolute Gasteiger partial charge is 0.294 e. The van der Waals surface area contributed by atoms with Crippen molar-refractivity contribution >= 4 is 86.7 Å². The zero-order valence-corrected chi connectivity index (χ0v) is 58.1. The summed E-state index contributed by atoms with van der Waals surface area (Å²) in [6.07, 6.45) is 8.06. The molecule has 0 bridgehead atoms. The Bertz CT molecular complexity index is 4330. The van der Waals surface area contributed by atoms with Crippen LogP contribution in [0.3, 0.4) is 0 Å². The number of allylic oxidation sites excluding steroid dienone is 4. The minimum Gasteiger partial charge on any atom is -0.491 e. The van der Waals surface area contributed by atoms with E-state index in [0.29, 0.717) is 127 Å². The number of carbonyl (C=O) groups excluding carboxylic acids is 1. The Kier molecular flexibility index (Phi) is 26.3. The predicted molar refractivity (Wildman–Crippen MR) is 362 cm³/mol. The second-order valence-corrected chi connectivity index (χ2v) is 30.2. The summed E-state index contributed by atoms with van der Waals surface area (Å²) >= 11 is 6.28. The van der Waals surface area contributed by atoms with Crippen LogP contribution in [-0.2, 0) is 81.7 Å². The van der Waals surface area contributed by atoms with E-state index in [9.17, 15) is 61.9 Å². The number of fused-ring (bicyclic) bond motifs is 3. The fourth-order valence-electron chi connectivity index (χ4n) is 11.9. The number of rotatable bonds is 40. The Morgan fingerprint density at radius 1 is 0.722 bits per heavy atom. The van der Waals surface area contributed by atoms with Crippen molar-refractivity contribution in [2.75, 3.05) is 94.2 Å². The van der Waals surface area contributed by atoms with Crippen LogP contribution in [0.5, 0.6) is 11.5 Å². The summed E-state index contributed by atoms with van der Waals surface area (Å²) in [6.45, 7) is 10.1. The van der Waals surface area contributed by atoms with Gasteiger partial charge in [0.25, 0.3) is 46.3 Å². The van der Waals surface area contributed by atoms with Gasteiger partial charge in [-0.2, -0.15) is 52.8 Å². The molecule has 528 valence electrons. The van der Waals surface area contributed by atoms with Crippen molar-refractivity contribution in [2.24, 2.45) is 0 Å². The van der Waals surface area contributed by atoms with Gasteiger partial charge in [-0.3, -0.25) is 28.3 Å². The van der Waals surface area contributed by atoms with Crippen LogP contribution in [0.4, 0.5) is 17.2 Å². The van der Waals surface area contributed by atoms with E-state index in [-0.39, 0.29) is 83.6 Å². The van der Waals surface area contributed by atoms with Gasteiger partial charge in [-0.25, -0.2) is 9.87 Å². The molecule has 33 heteroatoms. The second kappa shape index (κ2) is 33.7. The van der Waals surface area contributed by atoms with Gasteiger partial charge in [0.1, 0.15) is 36.8 Å². The predicted octanol–water partition coefficient (Wildman–Crippen LogP) is 8.54. The lowest BCUT2D eigenvalue weighted by molar-refractivity contribution is -0.438. The van der Waals surface area contributed by atoms with Crippen molar-refractivity contribution in [3.05, 3.63) is 137 Å². The minimum atomic E-state index is -4.74. The maximum atomic E-state index is 12.9. The maximum absolute atomic E-state index is 12.9. The number of nitrogens with one attached hydrogen (secondary N) is 2. The first-order valence-electron chi connectivity index (χ1n) is 31.3. The molecule has 0 saturated carbocycles. The standard InChI is InChI=1S/C64H81ClN8O20S4/c1-45(2)93-57-39-47(65)19-18-46(57)43-67-60-42-53(70-62-68-44-69-73(60)62)50-13-7-8-14-56(50)91-36-35-90-34-33-89-32-31-88-29-26-66-61(74)17-6-5-9-27-71-54-22-20-48(96(82,83)84)40-51(54)63(3,24-11-37-94(76,77)78)58(71)15-10-16-59-64(4,25-12-38-95(79,80)81)52-41-49(97(85,86)87)21-23-55(52)72(59)28-30-92-75/h7-8,10,13-16,18-23,39-42,44-45,67H,5-6,9,11-12,17,24-38,43H2,1-4H3,(H5-,66,74,75,76,77,78,79,80,81,82,83,84,85,86,87)/p+1. The Labute approximate surface area is 569 Å². The fraction of sp³-hybridized carbons (Fsp3) is 0.453. The number of hydrogen-bond acceptors (Lipinski definition) is 21. The van der Waals surface area contributed by atoms with Gasteiger partial charge in [-0.1, -0.05) is 35.9 Å². The van der Waals surface area contributed by atoms with Crippen LogP contribution in [0.2, 0.25) is 5.02 Å². The summed E-state index contributed by atoms with van der Waals surface area (Å²) in [4.78, 5) is 27.3. The van der Waals surface area contributed by atoms with Crippen LogP contribution in [0.25, 0.3) is 17.0 Å².